The third kappa shape index (κ3) is 2.39. The summed E-state index contributed by atoms with van der Waals surface area (Å²) in [5.41, 5.74) is 6.12. The van der Waals surface area contributed by atoms with Crippen LogP contribution in [0.3, 0.4) is 0 Å². The molecule has 0 radical (unpaired) electrons. The van der Waals surface area contributed by atoms with Crippen molar-refractivity contribution in [1.29, 1.82) is 0 Å². The van der Waals surface area contributed by atoms with E-state index >= 15 is 0 Å². The number of aromatic nitrogens is 1. The maximum Gasteiger partial charge on any atom is 0.213 e. The van der Waals surface area contributed by atoms with Crippen molar-refractivity contribution < 1.29 is 4.57 Å². The summed E-state index contributed by atoms with van der Waals surface area (Å²) in [6.07, 6.45) is 7.04. The molecule has 1 aliphatic heterocycles. The molecule has 0 amide bonds. The van der Waals surface area contributed by atoms with Gasteiger partial charge in [-0.15, -0.1) is 0 Å². The number of pyridine rings is 1. The van der Waals surface area contributed by atoms with Gasteiger partial charge in [-0.1, -0.05) is 52.8 Å². The predicted molar refractivity (Wildman–Crippen MR) is 107 cm³/mol. The van der Waals surface area contributed by atoms with E-state index in [1.807, 2.05) is 0 Å². The topological polar surface area (TPSA) is 3.88 Å². The van der Waals surface area contributed by atoms with Gasteiger partial charge in [0, 0.05) is 25.0 Å². The lowest BCUT2D eigenvalue weighted by atomic mass is 9.59. The molecule has 0 aliphatic carbocycles. The van der Waals surface area contributed by atoms with Crippen molar-refractivity contribution >= 4 is 0 Å². The molecule has 1 nitrogen and oxygen atoms in total. The molecule has 3 rings (SSSR count). The number of hydrogen-bond acceptors (Lipinski definition) is 0. The standard InChI is InChI=1S/C24H34N/c1-7-18(5)19-15-16-25-22(17-19)20-13-11-12-14-21(20)23(6,8-2)24(25,9-3)10-4/h11-18H,7-10H2,1-6H3/q+1. The minimum atomic E-state index is 0.138. The van der Waals surface area contributed by atoms with E-state index in [-0.39, 0.29) is 11.0 Å². The largest absolute Gasteiger partial charge is 0.213 e. The Labute approximate surface area is 154 Å². The number of nitrogens with zero attached hydrogens (tertiary/aromatic N) is 1. The fourth-order valence-electron chi connectivity index (χ4n) is 5.23. The molecule has 1 aromatic carbocycles. The van der Waals surface area contributed by atoms with Crippen LogP contribution in [0.5, 0.6) is 0 Å². The van der Waals surface area contributed by atoms with Crippen molar-refractivity contribution in [1.82, 2.24) is 0 Å². The van der Waals surface area contributed by atoms with Gasteiger partial charge in [-0.25, -0.2) is 0 Å². The highest BCUT2D eigenvalue weighted by atomic mass is 15.1. The van der Waals surface area contributed by atoms with Gasteiger partial charge in [0.05, 0.1) is 11.0 Å². The normalized spacial score (nSPS) is 22.2. The molecular weight excluding hydrogens is 302 g/mol. The van der Waals surface area contributed by atoms with Gasteiger partial charge in [-0.3, -0.25) is 0 Å². The van der Waals surface area contributed by atoms with E-state index in [2.05, 4.69) is 88.7 Å². The lowest BCUT2D eigenvalue weighted by molar-refractivity contribution is -0.769. The number of hydrogen-bond donors (Lipinski definition) is 0. The Hall–Kier alpha value is -1.63. The molecule has 0 fully saturated rings. The zero-order valence-electron chi connectivity index (χ0n) is 16.9. The summed E-state index contributed by atoms with van der Waals surface area (Å²) in [5.74, 6) is 0.607. The second kappa shape index (κ2) is 6.59. The number of benzene rings is 1. The highest BCUT2D eigenvalue weighted by molar-refractivity contribution is 5.66. The van der Waals surface area contributed by atoms with Gasteiger partial charge >= 0.3 is 0 Å². The van der Waals surface area contributed by atoms with Crippen molar-refractivity contribution in [2.75, 3.05) is 0 Å². The molecule has 1 heteroatoms. The highest BCUT2D eigenvalue weighted by Crippen LogP contribution is 2.51. The van der Waals surface area contributed by atoms with Crippen molar-refractivity contribution in [2.24, 2.45) is 0 Å². The molecule has 2 atom stereocenters. The van der Waals surface area contributed by atoms with Gasteiger partial charge in [0.25, 0.3) is 0 Å². The van der Waals surface area contributed by atoms with Crippen molar-refractivity contribution in [3.63, 3.8) is 0 Å². The van der Waals surface area contributed by atoms with Crippen LogP contribution in [0.1, 0.15) is 84.3 Å². The quantitative estimate of drug-likeness (QED) is 0.560. The molecule has 2 heterocycles. The summed E-state index contributed by atoms with van der Waals surface area (Å²) in [4.78, 5) is 0. The maximum atomic E-state index is 2.62. The van der Waals surface area contributed by atoms with Crippen LogP contribution >= 0.6 is 0 Å². The van der Waals surface area contributed by atoms with Crippen LogP contribution in [0.4, 0.5) is 0 Å². The summed E-state index contributed by atoms with van der Waals surface area (Å²) < 4.78 is 2.62. The molecular formula is C24H34N+. The molecule has 0 N–H and O–H groups in total. The van der Waals surface area contributed by atoms with E-state index in [4.69, 9.17) is 0 Å². The first-order chi connectivity index (χ1) is 12.0. The fourth-order valence-corrected chi connectivity index (χ4v) is 5.23. The van der Waals surface area contributed by atoms with Crippen molar-refractivity contribution in [3.8, 4) is 11.3 Å². The minimum Gasteiger partial charge on any atom is -0.192 e. The van der Waals surface area contributed by atoms with Gasteiger partial charge < -0.3 is 0 Å². The monoisotopic (exact) mass is 336 g/mol. The number of rotatable bonds is 5. The van der Waals surface area contributed by atoms with E-state index in [0.717, 1.165) is 19.3 Å². The molecule has 0 saturated carbocycles. The summed E-state index contributed by atoms with van der Waals surface area (Å²) in [5, 5.41) is 0. The zero-order chi connectivity index (χ0) is 18.2. The Bertz CT molecular complexity index is 756. The van der Waals surface area contributed by atoms with Crippen molar-refractivity contribution in [2.45, 2.75) is 84.1 Å². The average Bonchev–Trinajstić information content (AvgIpc) is 2.68. The fraction of sp³-hybridized carbons (Fsp3) is 0.542. The van der Waals surface area contributed by atoms with Crippen LogP contribution in [0.2, 0.25) is 0 Å². The lowest BCUT2D eigenvalue weighted by Gasteiger charge is -2.47. The second-order valence-corrected chi connectivity index (χ2v) is 7.99. The van der Waals surface area contributed by atoms with Crippen LogP contribution in [0.15, 0.2) is 42.6 Å². The second-order valence-electron chi connectivity index (χ2n) is 7.99. The Kier molecular flexibility index (Phi) is 4.79. The smallest absolute Gasteiger partial charge is 0.192 e. The summed E-state index contributed by atoms with van der Waals surface area (Å²) >= 11 is 0. The molecule has 0 saturated heterocycles. The molecule has 134 valence electrons. The van der Waals surface area contributed by atoms with E-state index in [0.29, 0.717) is 5.92 Å². The van der Waals surface area contributed by atoms with Crippen LogP contribution in [-0.4, -0.2) is 0 Å². The predicted octanol–water partition coefficient (Wildman–Crippen LogP) is 6.35. The van der Waals surface area contributed by atoms with Crippen LogP contribution in [-0.2, 0) is 11.0 Å². The van der Waals surface area contributed by atoms with Gasteiger partial charge in [-0.2, -0.15) is 4.57 Å². The van der Waals surface area contributed by atoms with Crippen LogP contribution in [0, 0.1) is 0 Å². The Morgan fingerprint density at radius 1 is 0.960 bits per heavy atom. The first kappa shape index (κ1) is 18.2. The first-order valence-electron chi connectivity index (χ1n) is 10.1. The SMILES string of the molecule is CCC(C)c1cc[n+]2c(c1)-c1ccccc1C(C)(CC)C2(CC)CC. The molecule has 25 heavy (non-hydrogen) atoms. The zero-order valence-corrected chi connectivity index (χ0v) is 16.9. The van der Waals surface area contributed by atoms with Gasteiger partial charge in [0.1, 0.15) is 0 Å². The summed E-state index contributed by atoms with van der Waals surface area (Å²) in [6.45, 7) is 14.2. The third-order valence-electron chi connectivity index (χ3n) is 7.32. The lowest BCUT2D eigenvalue weighted by Crippen LogP contribution is -2.68. The number of fused-ring (bicyclic) bond motifs is 3. The molecule has 0 spiro atoms. The average molecular weight is 337 g/mol. The van der Waals surface area contributed by atoms with Crippen LogP contribution in [0.25, 0.3) is 11.3 Å². The van der Waals surface area contributed by atoms with Crippen LogP contribution < -0.4 is 4.57 Å². The van der Waals surface area contributed by atoms with Crippen molar-refractivity contribution in [3.05, 3.63) is 53.7 Å². The molecule has 1 aromatic heterocycles. The first-order valence-corrected chi connectivity index (χ1v) is 10.1. The Morgan fingerprint density at radius 3 is 2.24 bits per heavy atom. The Morgan fingerprint density at radius 2 is 1.64 bits per heavy atom. The molecule has 2 unspecified atom stereocenters. The van der Waals surface area contributed by atoms with Gasteiger partial charge in [0.2, 0.25) is 5.69 Å². The Balaban J connectivity index is 2.37. The third-order valence-corrected chi connectivity index (χ3v) is 7.32. The van der Waals surface area contributed by atoms with E-state index in [1.54, 1.807) is 0 Å². The van der Waals surface area contributed by atoms with Gasteiger partial charge in [0.15, 0.2) is 11.7 Å². The molecule has 2 aromatic rings. The van der Waals surface area contributed by atoms with E-state index in [9.17, 15) is 0 Å². The van der Waals surface area contributed by atoms with E-state index < -0.39 is 0 Å². The summed E-state index contributed by atoms with van der Waals surface area (Å²) in [7, 11) is 0. The molecule has 1 aliphatic rings. The minimum absolute atomic E-state index is 0.138. The summed E-state index contributed by atoms with van der Waals surface area (Å²) in [6, 6.07) is 13.9. The molecule has 0 bridgehead atoms. The highest BCUT2D eigenvalue weighted by Gasteiger charge is 2.58. The van der Waals surface area contributed by atoms with E-state index in [1.165, 1.54) is 28.8 Å². The maximum absolute atomic E-state index is 2.62. The van der Waals surface area contributed by atoms with Gasteiger partial charge in [-0.05, 0) is 42.9 Å².